The van der Waals surface area contributed by atoms with E-state index in [-0.39, 0.29) is 6.61 Å². The Bertz CT molecular complexity index is 184. The van der Waals surface area contributed by atoms with Gasteiger partial charge in [-0.3, -0.25) is 0 Å². The molecule has 0 aliphatic carbocycles. The van der Waals surface area contributed by atoms with Crippen LogP contribution in [0.5, 0.6) is 0 Å². The largest absolute Gasteiger partial charge is 0.393 e. The minimum Gasteiger partial charge on any atom is -0.393 e. The van der Waals surface area contributed by atoms with Crippen molar-refractivity contribution >= 4 is 0 Å². The van der Waals surface area contributed by atoms with Crippen LogP contribution in [-0.4, -0.2) is 16.8 Å². The van der Waals surface area contributed by atoms with Crippen LogP contribution in [0.2, 0.25) is 0 Å². The van der Waals surface area contributed by atoms with Gasteiger partial charge in [0.25, 0.3) is 0 Å². The maximum atomic E-state index is 9.06. The van der Waals surface area contributed by atoms with Crippen LogP contribution in [0, 0.1) is 6.07 Å². The quantitative estimate of drug-likeness (QED) is 0.623. The normalized spacial score (nSPS) is 13.0. The average molecular weight is 137 g/mol. The Balaban J connectivity index is 2.75. The first-order chi connectivity index (χ1) is 4.84. The van der Waals surface area contributed by atoms with Gasteiger partial charge in [-0.15, -0.1) is 0 Å². The fourth-order valence-corrected chi connectivity index (χ4v) is 0.720. The van der Waals surface area contributed by atoms with Gasteiger partial charge < -0.3 is 10.2 Å². The zero-order valence-corrected chi connectivity index (χ0v) is 5.49. The van der Waals surface area contributed by atoms with Gasteiger partial charge in [-0.25, -0.2) is 0 Å². The van der Waals surface area contributed by atoms with E-state index in [1.54, 1.807) is 24.3 Å². The third-order valence-electron chi connectivity index (χ3n) is 1.29. The van der Waals surface area contributed by atoms with E-state index in [1.165, 1.54) is 0 Å². The molecule has 2 nitrogen and oxygen atoms in total. The Hall–Kier alpha value is -0.860. The molecule has 0 spiro atoms. The second-order valence-electron chi connectivity index (χ2n) is 2.04. The van der Waals surface area contributed by atoms with Crippen molar-refractivity contribution in [2.45, 2.75) is 6.10 Å². The first-order valence-corrected chi connectivity index (χ1v) is 3.09. The van der Waals surface area contributed by atoms with E-state index in [0.717, 1.165) is 0 Å². The zero-order chi connectivity index (χ0) is 7.40. The van der Waals surface area contributed by atoms with Gasteiger partial charge in [-0.05, 0) is 17.7 Å². The third-order valence-corrected chi connectivity index (χ3v) is 1.29. The summed E-state index contributed by atoms with van der Waals surface area (Å²) in [6.07, 6.45) is -0.766. The van der Waals surface area contributed by atoms with E-state index in [4.69, 9.17) is 10.2 Å². The molecule has 0 heterocycles. The lowest BCUT2D eigenvalue weighted by molar-refractivity contribution is 0.0956. The second-order valence-corrected chi connectivity index (χ2v) is 2.04. The molecule has 1 unspecified atom stereocenters. The van der Waals surface area contributed by atoms with E-state index < -0.39 is 6.10 Å². The number of hydrogen-bond donors (Lipinski definition) is 2. The molecular formula is C8H9O2. The van der Waals surface area contributed by atoms with Gasteiger partial charge in [-0.1, -0.05) is 18.2 Å². The van der Waals surface area contributed by atoms with Gasteiger partial charge >= 0.3 is 0 Å². The van der Waals surface area contributed by atoms with Gasteiger partial charge in [0.05, 0.1) is 6.61 Å². The highest BCUT2D eigenvalue weighted by molar-refractivity contribution is 5.16. The Morgan fingerprint density at radius 3 is 2.90 bits per heavy atom. The summed E-state index contributed by atoms with van der Waals surface area (Å²) < 4.78 is 0. The fourth-order valence-electron chi connectivity index (χ4n) is 0.720. The summed E-state index contributed by atoms with van der Waals surface area (Å²) >= 11 is 0. The van der Waals surface area contributed by atoms with E-state index in [9.17, 15) is 0 Å². The molecule has 0 aromatic heterocycles. The maximum absolute atomic E-state index is 9.06. The van der Waals surface area contributed by atoms with Crippen LogP contribution < -0.4 is 0 Å². The third kappa shape index (κ3) is 1.56. The SMILES string of the molecule is OCC(O)c1c[c]ccc1. The van der Waals surface area contributed by atoms with E-state index in [1.807, 2.05) is 0 Å². The monoisotopic (exact) mass is 137 g/mol. The molecule has 1 aromatic carbocycles. The van der Waals surface area contributed by atoms with Crippen LogP contribution in [0.15, 0.2) is 24.3 Å². The van der Waals surface area contributed by atoms with Gasteiger partial charge in [0.2, 0.25) is 0 Å². The molecule has 0 aliphatic rings. The lowest BCUT2D eigenvalue weighted by Crippen LogP contribution is -2.01. The topological polar surface area (TPSA) is 40.5 Å². The van der Waals surface area contributed by atoms with Crippen molar-refractivity contribution in [3.05, 3.63) is 35.9 Å². The van der Waals surface area contributed by atoms with Crippen LogP contribution in [0.25, 0.3) is 0 Å². The molecule has 1 aromatic rings. The number of benzene rings is 1. The van der Waals surface area contributed by atoms with E-state index >= 15 is 0 Å². The fraction of sp³-hybridized carbons (Fsp3) is 0.250. The summed E-state index contributed by atoms with van der Waals surface area (Å²) in [6, 6.07) is 9.72. The van der Waals surface area contributed by atoms with Crippen LogP contribution in [0.4, 0.5) is 0 Å². The van der Waals surface area contributed by atoms with Crippen molar-refractivity contribution in [1.82, 2.24) is 0 Å². The number of hydrogen-bond acceptors (Lipinski definition) is 2. The van der Waals surface area contributed by atoms with Crippen LogP contribution in [0.1, 0.15) is 11.7 Å². The minimum atomic E-state index is -0.766. The standard InChI is InChI=1S/C8H9O2/c9-6-8(10)7-4-2-1-3-5-7/h1-2,4-5,8-10H,6H2. The smallest absolute Gasteiger partial charge is 0.102 e. The lowest BCUT2D eigenvalue weighted by Gasteiger charge is -2.04. The Kier molecular flexibility index (Phi) is 2.42. The zero-order valence-electron chi connectivity index (χ0n) is 5.49. The molecule has 1 atom stereocenters. The summed E-state index contributed by atoms with van der Waals surface area (Å²) in [4.78, 5) is 0. The molecule has 0 saturated carbocycles. The Morgan fingerprint density at radius 1 is 1.60 bits per heavy atom. The maximum Gasteiger partial charge on any atom is 0.102 e. The summed E-state index contributed by atoms with van der Waals surface area (Å²) in [5.74, 6) is 0. The molecule has 1 rings (SSSR count). The average Bonchev–Trinajstić information content (AvgIpc) is 2.05. The molecule has 2 heteroatoms. The first-order valence-electron chi connectivity index (χ1n) is 3.09. The molecule has 10 heavy (non-hydrogen) atoms. The molecule has 53 valence electrons. The van der Waals surface area contributed by atoms with Crippen molar-refractivity contribution in [2.75, 3.05) is 6.61 Å². The first kappa shape index (κ1) is 7.25. The molecular weight excluding hydrogens is 128 g/mol. The molecule has 0 fully saturated rings. The predicted octanol–water partition coefficient (Wildman–Crippen LogP) is 0.512. The van der Waals surface area contributed by atoms with Crippen molar-refractivity contribution in [3.8, 4) is 0 Å². The highest BCUT2D eigenvalue weighted by atomic mass is 16.3. The molecule has 0 saturated heterocycles. The Morgan fingerprint density at radius 2 is 2.40 bits per heavy atom. The minimum absolute atomic E-state index is 0.238. The van der Waals surface area contributed by atoms with Gasteiger partial charge in [0, 0.05) is 0 Å². The molecule has 0 amide bonds. The van der Waals surface area contributed by atoms with Gasteiger partial charge in [-0.2, -0.15) is 0 Å². The van der Waals surface area contributed by atoms with Gasteiger partial charge in [0.1, 0.15) is 6.10 Å². The van der Waals surface area contributed by atoms with Crippen molar-refractivity contribution in [1.29, 1.82) is 0 Å². The second kappa shape index (κ2) is 3.34. The van der Waals surface area contributed by atoms with Crippen molar-refractivity contribution in [2.24, 2.45) is 0 Å². The van der Waals surface area contributed by atoms with E-state index in [0.29, 0.717) is 5.56 Å². The van der Waals surface area contributed by atoms with E-state index in [2.05, 4.69) is 6.07 Å². The summed E-state index contributed by atoms with van der Waals surface area (Å²) in [5, 5.41) is 17.6. The Labute approximate surface area is 59.7 Å². The van der Waals surface area contributed by atoms with Gasteiger partial charge in [0.15, 0.2) is 0 Å². The number of aliphatic hydroxyl groups excluding tert-OH is 2. The lowest BCUT2D eigenvalue weighted by atomic mass is 10.1. The van der Waals surface area contributed by atoms with Crippen LogP contribution in [-0.2, 0) is 0 Å². The summed E-state index contributed by atoms with van der Waals surface area (Å²) in [5.41, 5.74) is 0.699. The van der Waals surface area contributed by atoms with Crippen molar-refractivity contribution in [3.63, 3.8) is 0 Å². The highest BCUT2D eigenvalue weighted by Gasteiger charge is 2.02. The van der Waals surface area contributed by atoms with Crippen LogP contribution >= 0.6 is 0 Å². The molecule has 0 aliphatic heterocycles. The molecule has 2 N–H and O–H groups in total. The van der Waals surface area contributed by atoms with Crippen LogP contribution in [0.3, 0.4) is 0 Å². The number of aliphatic hydroxyl groups is 2. The molecule has 1 radical (unpaired) electrons. The van der Waals surface area contributed by atoms with Crippen molar-refractivity contribution < 1.29 is 10.2 Å². The molecule has 0 bridgehead atoms. The predicted molar refractivity (Wildman–Crippen MR) is 37.3 cm³/mol. The number of rotatable bonds is 2. The highest BCUT2D eigenvalue weighted by Crippen LogP contribution is 2.09. The summed E-state index contributed by atoms with van der Waals surface area (Å²) in [6.45, 7) is -0.238. The summed E-state index contributed by atoms with van der Waals surface area (Å²) in [7, 11) is 0.